The first kappa shape index (κ1) is 12.3. The summed E-state index contributed by atoms with van der Waals surface area (Å²) in [6, 6.07) is 4.49. The van der Waals surface area contributed by atoms with Crippen molar-refractivity contribution in [3.63, 3.8) is 0 Å². The van der Waals surface area contributed by atoms with Gasteiger partial charge in [0.2, 0.25) is 0 Å². The summed E-state index contributed by atoms with van der Waals surface area (Å²) in [6.45, 7) is 0. The van der Waals surface area contributed by atoms with Crippen molar-refractivity contribution in [1.82, 2.24) is 4.47 Å². The molecule has 7 heteroatoms. The number of benzene rings is 1. The van der Waals surface area contributed by atoms with Crippen molar-refractivity contribution < 1.29 is 13.3 Å². The van der Waals surface area contributed by atoms with Gasteiger partial charge in [-0.1, -0.05) is 22.1 Å². The number of halogens is 1. The molecule has 1 rings (SSSR count). The zero-order valence-electron chi connectivity index (χ0n) is 8.27. The van der Waals surface area contributed by atoms with Gasteiger partial charge >= 0.3 is 0 Å². The van der Waals surface area contributed by atoms with Crippen molar-refractivity contribution >= 4 is 27.3 Å². The van der Waals surface area contributed by atoms with Crippen LogP contribution in [0.3, 0.4) is 0 Å². The topological polar surface area (TPSA) is 72.6 Å². The number of nitrogens with zero attached hydrogens (tertiary/aromatic N) is 1. The number of rotatable bonds is 3. The lowest BCUT2D eigenvalue weighted by atomic mass is 10.3. The van der Waals surface area contributed by atoms with Crippen LogP contribution in [0.15, 0.2) is 23.1 Å². The Labute approximate surface area is 93.4 Å². The van der Waals surface area contributed by atoms with Crippen molar-refractivity contribution in [2.24, 2.45) is 0 Å². The Hall–Kier alpha value is -0.820. The molecule has 0 aromatic heterocycles. The minimum Gasteiger partial charge on any atom is -0.398 e. The molecule has 5 nitrogen and oxygen atoms in total. The Bertz CT molecular complexity index is 441. The van der Waals surface area contributed by atoms with Gasteiger partial charge < -0.3 is 5.73 Å². The molecule has 0 fully saturated rings. The molecular weight excluding hydrogens is 240 g/mol. The van der Waals surface area contributed by atoms with E-state index < -0.39 is 10.0 Å². The van der Waals surface area contributed by atoms with Gasteiger partial charge in [-0.2, -0.15) is 0 Å². The Kier molecular flexibility index (Phi) is 3.56. The van der Waals surface area contributed by atoms with Gasteiger partial charge in [0.05, 0.1) is 17.8 Å². The van der Waals surface area contributed by atoms with Gasteiger partial charge in [0.1, 0.15) is 4.90 Å². The first-order chi connectivity index (χ1) is 6.91. The van der Waals surface area contributed by atoms with Crippen molar-refractivity contribution in [3.8, 4) is 0 Å². The van der Waals surface area contributed by atoms with E-state index in [0.717, 1.165) is 0 Å². The van der Waals surface area contributed by atoms with Crippen molar-refractivity contribution in [3.05, 3.63) is 23.2 Å². The summed E-state index contributed by atoms with van der Waals surface area (Å²) in [5, 5.41) is 0.0684. The van der Waals surface area contributed by atoms with E-state index in [1.807, 2.05) is 0 Å². The van der Waals surface area contributed by atoms with Gasteiger partial charge in [-0.15, -0.1) is 0 Å². The molecule has 0 bridgehead atoms. The summed E-state index contributed by atoms with van der Waals surface area (Å²) in [4.78, 5) is 4.47. The minimum atomic E-state index is -3.80. The maximum absolute atomic E-state index is 11.8. The lowest BCUT2D eigenvalue weighted by Crippen LogP contribution is -2.26. The van der Waals surface area contributed by atoms with Crippen LogP contribution in [-0.4, -0.2) is 27.0 Å². The largest absolute Gasteiger partial charge is 0.398 e. The van der Waals surface area contributed by atoms with E-state index >= 15 is 0 Å². The van der Waals surface area contributed by atoms with Gasteiger partial charge in [0.15, 0.2) is 0 Å². The number of hydroxylamine groups is 1. The molecule has 0 radical (unpaired) electrons. The van der Waals surface area contributed by atoms with Crippen molar-refractivity contribution in [2.45, 2.75) is 4.90 Å². The van der Waals surface area contributed by atoms with Crippen molar-refractivity contribution in [1.29, 1.82) is 0 Å². The Morgan fingerprint density at radius 2 is 2.07 bits per heavy atom. The summed E-state index contributed by atoms with van der Waals surface area (Å²) in [6.07, 6.45) is 0. The zero-order chi connectivity index (χ0) is 11.6. The standard InChI is InChI=1S/C8H11ClN2O3S/c1-11(14-2)15(12,13)8-6(9)4-3-5-7(8)10/h3-5H,10H2,1-2H3. The van der Waals surface area contributed by atoms with Gasteiger partial charge in [-0.3, -0.25) is 4.84 Å². The van der Waals surface area contributed by atoms with Crippen LogP contribution in [0.5, 0.6) is 0 Å². The van der Waals surface area contributed by atoms with Gasteiger partial charge in [-0.25, -0.2) is 8.42 Å². The van der Waals surface area contributed by atoms with Gasteiger partial charge in [-0.05, 0) is 12.1 Å². The molecule has 0 saturated heterocycles. The summed E-state index contributed by atoms with van der Waals surface area (Å²) >= 11 is 5.77. The highest BCUT2D eigenvalue weighted by Gasteiger charge is 2.26. The molecule has 0 unspecified atom stereocenters. The van der Waals surface area contributed by atoms with Crippen LogP contribution >= 0.6 is 11.6 Å². The van der Waals surface area contributed by atoms with Crippen LogP contribution < -0.4 is 5.73 Å². The normalized spacial score (nSPS) is 12.0. The molecule has 0 saturated carbocycles. The Morgan fingerprint density at radius 1 is 1.47 bits per heavy atom. The Morgan fingerprint density at radius 3 is 2.53 bits per heavy atom. The van der Waals surface area contributed by atoms with E-state index in [1.54, 1.807) is 6.07 Å². The van der Waals surface area contributed by atoms with Crippen LogP contribution in [0.25, 0.3) is 0 Å². The summed E-state index contributed by atoms with van der Waals surface area (Å²) in [7, 11) is -1.29. The third-order valence-electron chi connectivity index (χ3n) is 1.85. The first-order valence-electron chi connectivity index (χ1n) is 3.98. The fraction of sp³-hybridized carbons (Fsp3) is 0.250. The lowest BCUT2D eigenvalue weighted by molar-refractivity contribution is -0.0258. The van der Waals surface area contributed by atoms with Crippen LogP contribution in [-0.2, 0) is 14.9 Å². The number of nitrogens with two attached hydrogens (primary N) is 1. The zero-order valence-corrected chi connectivity index (χ0v) is 9.84. The van der Waals surface area contributed by atoms with Gasteiger partial charge in [0.25, 0.3) is 10.0 Å². The van der Waals surface area contributed by atoms with Crippen LogP contribution in [0.4, 0.5) is 5.69 Å². The second kappa shape index (κ2) is 4.36. The van der Waals surface area contributed by atoms with E-state index in [9.17, 15) is 8.42 Å². The molecule has 0 aliphatic heterocycles. The van der Waals surface area contributed by atoms with E-state index in [-0.39, 0.29) is 15.6 Å². The molecule has 0 heterocycles. The number of hydrogen-bond acceptors (Lipinski definition) is 4. The van der Waals surface area contributed by atoms with Crippen molar-refractivity contribution in [2.75, 3.05) is 19.9 Å². The molecule has 0 amide bonds. The highest BCUT2D eigenvalue weighted by molar-refractivity contribution is 7.89. The fourth-order valence-electron chi connectivity index (χ4n) is 1.02. The summed E-state index contributed by atoms with van der Waals surface area (Å²) in [5.41, 5.74) is 5.64. The highest BCUT2D eigenvalue weighted by Crippen LogP contribution is 2.29. The minimum absolute atomic E-state index is 0.0684. The molecule has 2 N–H and O–H groups in total. The Balaban J connectivity index is 3.40. The molecule has 84 valence electrons. The van der Waals surface area contributed by atoms with Crippen LogP contribution in [0.2, 0.25) is 5.02 Å². The molecule has 0 spiro atoms. The third-order valence-corrected chi connectivity index (χ3v) is 4.08. The maximum Gasteiger partial charge on any atom is 0.268 e. The molecule has 1 aromatic rings. The highest BCUT2D eigenvalue weighted by atomic mass is 35.5. The van der Waals surface area contributed by atoms with Gasteiger partial charge in [0, 0.05) is 7.05 Å². The molecule has 15 heavy (non-hydrogen) atoms. The molecule has 0 aliphatic rings. The number of anilines is 1. The summed E-state index contributed by atoms with van der Waals surface area (Å²) in [5.74, 6) is 0. The molecule has 0 aliphatic carbocycles. The fourth-order valence-corrected chi connectivity index (χ4v) is 2.63. The predicted octanol–water partition coefficient (Wildman–Crippen LogP) is 1.10. The average Bonchev–Trinajstić information content (AvgIpc) is 2.15. The third kappa shape index (κ3) is 2.23. The van der Waals surface area contributed by atoms with E-state index in [4.69, 9.17) is 17.3 Å². The van der Waals surface area contributed by atoms with E-state index in [0.29, 0.717) is 4.47 Å². The monoisotopic (exact) mass is 250 g/mol. The van der Waals surface area contributed by atoms with Crippen LogP contribution in [0.1, 0.15) is 0 Å². The SMILES string of the molecule is CON(C)S(=O)(=O)c1c(N)cccc1Cl. The number of nitrogen functional groups attached to an aromatic ring is 1. The smallest absolute Gasteiger partial charge is 0.268 e. The quantitative estimate of drug-likeness (QED) is 0.644. The second-order valence-corrected chi connectivity index (χ2v) is 5.04. The first-order valence-corrected chi connectivity index (χ1v) is 5.80. The average molecular weight is 251 g/mol. The second-order valence-electron chi connectivity index (χ2n) is 2.76. The van der Waals surface area contributed by atoms with E-state index in [2.05, 4.69) is 4.84 Å². The lowest BCUT2D eigenvalue weighted by Gasteiger charge is -2.16. The molecule has 1 aromatic carbocycles. The number of sulfonamides is 1. The van der Waals surface area contributed by atoms with Crippen LogP contribution in [0, 0.1) is 0 Å². The van der Waals surface area contributed by atoms with E-state index in [1.165, 1.54) is 26.3 Å². The molecular formula is C8H11ClN2O3S. The molecule has 0 atom stereocenters. The summed E-state index contributed by atoms with van der Waals surface area (Å²) < 4.78 is 24.4. The predicted molar refractivity (Wildman–Crippen MR) is 57.8 cm³/mol. The maximum atomic E-state index is 11.8. The number of hydrogen-bond donors (Lipinski definition) is 1.